The van der Waals surface area contributed by atoms with E-state index in [1.54, 1.807) is 12.1 Å². The highest BCUT2D eigenvalue weighted by Gasteiger charge is 2.15. The van der Waals surface area contributed by atoms with Gasteiger partial charge in [0.25, 0.3) is 0 Å². The Morgan fingerprint density at radius 1 is 1.39 bits per heavy atom. The summed E-state index contributed by atoms with van der Waals surface area (Å²) in [5.41, 5.74) is 1.48. The minimum Gasteiger partial charge on any atom is -0.390 e. The van der Waals surface area contributed by atoms with Gasteiger partial charge in [-0.05, 0) is 50.6 Å². The number of nitrogens with zero attached hydrogens (tertiary/aromatic N) is 1. The fraction of sp³-hybridized carbons (Fsp3) is 0.571. The second kappa shape index (κ2) is 6.16. The zero-order chi connectivity index (χ0) is 13.0. The quantitative estimate of drug-likeness (QED) is 0.841. The molecular formula is C14H21FN2O. The lowest BCUT2D eigenvalue weighted by Gasteiger charge is -2.20. The number of β-amino-alcohol motifs (C(OH)–C–C–N with tert-alkyl or cyclic N) is 1. The van der Waals surface area contributed by atoms with Crippen molar-refractivity contribution < 1.29 is 9.50 Å². The molecule has 1 atom stereocenters. The van der Waals surface area contributed by atoms with Crippen molar-refractivity contribution in [2.75, 3.05) is 31.5 Å². The fourth-order valence-electron chi connectivity index (χ4n) is 2.33. The Labute approximate surface area is 108 Å². The highest BCUT2D eigenvalue weighted by atomic mass is 19.1. The maximum Gasteiger partial charge on any atom is 0.146 e. The first-order chi connectivity index (χ1) is 8.65. The summed E-state index contributed by atoms with van der Waals surface area (Å²) in [4.78, 5) is 2.25. The van der Waals surface area contributed by atoms with E-state index >= 15 is 0 Å². The zero-order valence-corrected chi connectivity index (χ0v) is 10.8. The lowest BCUT2D eigenvalue weighted by atomic mass is 10.2. The molecule has 1 aromatic rings. The molecule has 1 saturated heterocycles. The maximum absolute atomic E-state index is 13.5. The van der Waals surface area contributed by atoms with Crippen molar-refractivity contribution in [2.24, 2.45) is 0 Å². The third-order valence-electron chi connectivity index (χ3n) is 3.32. The van der Waals surface area contributed by atoms with Crippen molar-refractivity contribution >= 4 is 5.69 Å². The van der Waals surface area contributed by atoms with Gasteiger partial charge in [-0.1, -0.05) is 6.07 Å². The van der Waals surface area contributed by atoms with Gasteiger partial charge in [-0.25, -0.2) is 4.39 Å². The number of halogens is 1. The highest BCUT2D eigenvalue weighted by Crippen LogP contribution is 2.15. The molecule has 1 aliphatic rings. The number of aliphatic hydroxyl groups is 1. The molecule has 0 saturated carbocycles. The van der Waals surface area contributed by atoms with Crippen LogP contribution in [0.1, 0.15) is 18.4 Å². The number of nitrogens with one attached hydrogen (secondary N) is 1. The minimum atomic E-state index is -0.456. The van der Waals surface area contributed by atoms with Gasteiger partial charge in [-0.15, -0.1) is 0 Å². The molecule has 100 valence electrons. The first-order valence-electron chi connectivity index (χ1n) is 6.55. The van der Waals surface area contributed by atoms with Crippen molar-refractivity contribution in [3.05, 3.63) is 29.6 Å². The Balaban J connectivity index is 1.81. The van der Waals surface area contributed by atoms with Gasteiger partial charge in [0, 0.05) is 13.1 Å². The summed E-state index contributed by atoms with van der Waals surface area (Å²) in [6.07, 6.45) is 1.97. The highest BCUT2D eigenvalue weighted by molar-refractivity contribution is 5.47. The second-order valence-corrected chi connectivity index (χ2v) is 5.03. The lowest BCUT2D eigenvalue weighted by molar-refractivity contribution is 0.135. The molecule has 3 nitrogen and oxygen atoms in total. The van der Waals surface area contributed by atoms with Crippen LogP contribution in [0.25, 0.3) is 0 Å². The topological polar surface area (TPSA) is 35.5 Å². The summed E-state index contributed by atoms with van der Waals surface area (Å²) in [6.45, 7) is 5.11. The van der Waals surface area contributed by atoms with E-state index in [4.69, 9.17) is 0 Å². The van der Waals surface area contributed by atoms with Gasteiger partial charge in [0.1, 0.15) is 5.82 Å². The SMILES string of the molecule is Cc1ccc(F)c(NCC(O)CN2CCCC2)c1. The van der Waals surface area contributed by atoms with Crippen LogP contribution in [0.4, 0.5) is 10.1 Å². The van der Waals surface area contributed by atoms with Crippen LogP contribution in [-0.4, -0.2) is 42.3 Å². The zero-order valence-electron chi connectivity index (χ0n) is 10.8. The molecule has 0 spiro atoms. The van der Waals surface area contributed by atoms with Gasteiger partial charge in [0.05, 0.1) is 11.8 Å². The second-order valence-electron chi connectivity index (χ2n) is 5.03. The standard InChI is InChI=1S/C14H21FN2O/c1-11-4-5-13(15)14(8-11)16-9-12(18)10-17-6-2-3-7-17/h4-5,8,12,16,18H,2-3,6-7,9-10H2,1H3. The Morgan fingerprint density at radius 3 is 2.83 bits per heavy atom. The predicted molar refractivity (Wildman–Crippen MR) is 71.3 cm³/mol. The summed E-state index contributed by atoms with van der Waals surface area (Å²) in [7, 11) is 0. The van der Waals surface area contributed by atoms with Crippen LogP contribution in [0.3, 0.4) is 0 Å². The largest absolute Gasteiger partial charge is 0.390 e. The predicted octanol–water partition coefficient (Wildman–Crippen LogP) is 2.00. The van der Waals surface area contributed by atoms with Crippen molar-refractivity contribution in [1.82, 2.24) is 4.90 Å². The van der Waals surface area contributed by atoms with E-state index in [9.17, 15) is 9.50 Å². The number of benzene rings is 1. The van der Waals surface area contributed by atoms with Crippen molar-refractivity contribution in [3.8, 4) is 0 Å². The molecule has 4 heteroatoms. The Bertz CT molecular complexity index is 391. The summed E-state index contributed by atoms with van der Waals surface area (Å²) in [6, 6.07) is 4.95. The molecule has 1 heterocycles. The van der Waals surface area contributed by atoms with Crippen LogP contribution in [0.2, 0.25) is 0 Å². The monoisotopic (exact) mass is 252 g/mol. The van der Waals surface area contributed by atoms with Gasteiger partial charge < -0.3 is 15.3 Å². The minimum absolute atomic E-state index is 0.269. The molecule has 0 radical (unpaired) electrons. The maximum atomic E-state index is 13.5. The van der Waals surface area contributed by atoms with Crippen LogP contribution >= 0.6 is 0 Å². The Hall–Kier alpha value is -1.13. The van der Waals surface area contributed by atoms with Crippen LogP contribution in [-0.2, 0) is 0 Å². The lowest BCUT2D eigenvalue weighted by Crippen LogP contribution is -2.34. The first kappa shape index (κ1) is 13.3. The number of hydrogen-bond donors (Lipinski definition) is 2. The van der Waals surface area contributed by atoms with Crippen molar-refractivity contribution in [1.29, 1.82) is 0 Å². The third-order valence-corrected chi connectivity index (χ3v) is 3.32. The number of aliphatic hydroxyl groups excluding tert-OH is 1. The van der Waals surface area contributed by atoms with Gasteiger partial charge >= 0.3 is 0 Å². The third kappa shape index (κ3) is 3.68. The molecule has 18 heavy (non-hydrogen) atoms. The molecule has 2 N–H and O–H groups in total. The molecule has 0 aromatic heterocycles. The molecule has 1 unspecified atom stereocenters. The number of hydrogen-bond acceptors (Lipinski definition) is 3. The molecule has 1 aliphatic heterocycles. The average molecular weight is 252 g/mol. The Morgan fingerprint density at radius 2 is 2.11 bits per heavy atom. The molecule has 2 rings (SSSR count). The number of likely N-dealkylation sites (tertiary alicyclic amines) is 1. The van der Waals surface area contributed by atoms with E-state index < -0.39 is 6.10 Å². The molecular weight excluding hydrogens is 231 g/mol. The normalized spacial score (nSPS) is 17.9. The number of rotatable bonds is 5. The van der Waals surface area contributed by atoms with Crippen molar-refractivity contribution in [2.45, 2.75) is 25.9 Å². The number of aryl methyl sites for hydroxylation is 1. The molecule has 1 aromatic carbocycles. The van der Waals surface area contributed by atoms with E-state index in [2.05, 4.69) is 10.2 Å². The van der Waals surface area contributed by atoms with Gasteiger partial charge in [-0.3, -0.25) is 0 Å². The van der Waals surface area contributed by atoms with Crippen LogP contribution < -0.4 is 5.32 Å². The summed E-state index contributed by atoms with van der Waals surface area (Å²) < 4.78 is 13.5. The summed E-state index contributed by atoms with van der Waals surface area (Å²) in [5, 5.41) is 12.9. The van der Waals surface area contributed by atoms with E-state index in [0.29, 0.717) is 18.8 Å². The smallest absolute Gasteiger partial charge is 0.146 e. The fourth-order valence-corrected chi connectivity index (χ4v) is 2.33. The molecule has 0 aliphatic carbocycles. The van der Waals surface area contributed by atoms with Gasteiger partial charge in [-0.2, -0.15) is 0 Å². The van der Waals surface area contributed by atoms with E-state index in [-0.39, 0.29) is 5.82 Å². The van der Waals surface area contributed by atoms with E-state index in [0.717, 1.165) is 18.7 Å². The van der Waals surface area contributed by atoms with Gasteiger partial charge in [0.2, 0.25) is 0 Å². The Kier molecular flexibility index (Phi) is 4.55. The first-order valence-corrected chi connectivity index (χ1v) is 6.55. The number of anilines is 1. The molecule has 1 fully saturated rings. The van der Waals surface area contributed by atoms with Crippen LogP contribution in [0.5, 0.6) is 0 Å². The van der Waals surface area contributed by atoms with Crippen LogP contribution in [0.15, 0.2) is 18.2 Å². The van der Waals surface area contributed by atoms with Gasteiger partial charge in [0.15, 0.2) is 0 Å². The van der Waals surface area contributed by atoms with Crippen LogP contribution in [0, 0.1) is 12.7 Å². The molecule has 0 bridgehead atoms. The van der Waals surface area contributed by atoms with E-state index in [1.165, 1.54) is 18.9 Å². The van der Waals surface area contributed by atoms with Crippen molar-refractivity contribution in [3.63, 3.8) is 0 Å². The molecule has 0 amide bonds. The van der Waals surface area contributed by atoms with E-state index in [1.807, 2.05) is 6.92 Å². The average Bonchev–Trinajstić information content (AvgIpc) is 2.83. The summed E-state index contributed by atoms with van der Waals surface area (Å²) in [5.74, 6) is -0.269. The summed E-state index contributed by atoms with van der Waals surface area (Å²) >= 11 is 0.